The van der Waals surface area contributed by atoms with Crippen LogP contribution < -0.4 is 10.6 Å². The highest BCUT2D eigenvalue weighted by Crippen LogP contribution is 2.33. The first kappa shape index (κ1) is 22.2. The monoisotopic (exact) mass is 414 g/mol. The Bertz CT molecular complexity index is 762. The van der Waals surface area contributed by atoms with Crippen LogP contribution in [0.1, 0.15) is 58.4 Å². The number of hydrogen-bond donors (Lipinski definition) is 2. The summed E-state index contributed by atoms with van der Waals surface area (Å²) in [5.41, 5.74) is 1.38. The van der Waals surface area contributed by atoms with Crippen molar-refractivity contribution < 1.29 is 13.2 Å². The molecule has 2 atom stereocenters. The van der Waals surface area contributed by atoms with Crippen molar-refractivity contribution in [3.63, 3.8) is 0 Å². The summed E-state index contributed by atoms with van der Waals surface area (Å²) in [6.45, 7) is 5.13. The van der Waals surface area contributed by atoms with E-state index in [1.807, 2.05) is 6.07 Å². The maximum atomic E-state index is 12.4. The van der Waals surface area contributed by atoms with Crippen LogP contribution in [0.15, 0.2) is 24.3 Å². The fourth-order valence-electron chi connectivity index (χ4n) is 3.99. The number of nitrogens with one attached hydrogen (secondary N) is 2. The van der Waals surface area contributed by atoms with Crippen LogP contribution in [-0.4, -0.2) is 31.2 Å². The first-order valence-electron chi connectivity index (χ1n) is 9.49. The van der Waals surface area contributed by atoms with Gasteiger partial charge < -0.3 is 10.6 Å². The van der Waals surface area contributed by atoms with Gasteiger partial charge in [-0.25, -0.2) is 8.42 Å². The molecule has 2 aliphatic rings. The summed E-state index contributed by atoms with van der Waals surface area (Å²) in [5.74, 6) is 0.447. The number of piperidine rings is 1. The lowest BCUT2D eigenvalue weighted by molar-refractivity contribution is -0.117. The Balaban J connectivity index is 0.00000261. The zero-order valence-corrected chi connectivity index (χ0v) is 18.0. The Hall–Kier alpha value is -1.11. The van der Waals surface area contributed by atoms with Crippen LogP contribution in [0, 0.1) is 5.92 Å². The molecular weight excluding hydrogens is 384 g/mol. The Morgan fingerprint density at radius 3 is 2.41 bits per heavy atom. The second-order valence-electron chi connectivity index (χ2n) is 8.80. The third-order valence-electron chi connectivity index (χ3n) is 5.55. The van der Waals surface area contributed by atoms with E-state index >= 15 is 0 Å². The van der Waals surface area contributed by atoms with Gasteiger partial charge in [0.1, 0.15) is 0 Å². The molecule has 0 radical (unpaired) electrons. The third-order valence-corrected chi connectivity index (χ3v) is 8.12. The number of anilines is 1. The van der Waals surface area contributed by atoms with Crippen LogP contribution in [-0.2, 0) is 20.4 Å². The van der Waals surface area contributed by atoms with Crippen molar-refractivity contribution >= 4 is 33.8 Å². The first-order chi connectivity index (χ1) is 12.1. The summed E-state index contributed by atoms with van der Waals surface area (Å²) < 4.78 is 24.0. The largest absolute Gasteiger partial charge is 0.326 e. The SMILES string of the molecule is CC(C)(C)S(=O)(=O)Cc1cccc(NC(=O)CC2CC3CCC(C2)N3)c1.Cl. The van der Waals surface area contributed by atoms with E-state index in [4.69, 9.17) is 0 Å². The molecule has 7 heteroatoms. The minimum atomic E-state index is -3.24. The lowest BCUT2D eigenvalue weighted by Gasteiger charge is -2.28. The van der Waals surface area contributed by atoms with Gasteiger partial charge in [-0.1, -0.05) is 12.1 Å². The molecule has 3 rings (SSSR count). The zero-order valence-electron chi connectivity index (χ0n) is 16.3. The van der Waals surface area contributed by atoms with Gasteiger partial charge in [-0.15, -0.1) is 12.4 Å². The molecule has 0 saturated carbocycles. The Kier molecular flexibility index (Phi) is 6.98. The van der Waals surface area contributed by atoms with Gasteiger partial charge in [-0.3, -0.25) is 4.79 Å². The number of benzene rings is 1. The Labute approximate surface area is 169 Å². The van der Waals surface area contributed by atoms with E-state index in [-0.39, 0.29) is 24.1 Å². The molecule has 1 aromatic carbocycles. The van der Waals surface area contributed by atoms with Gasteiger partial charge in [0.2, 0.25) is 5.91 Å². The van der Waals surface area contributed by atoms with Gasteiger partial charge in [0, 0.05) is 24.2 Å². The lowest BCUT2D eigenvalue weighted by Crippen LogP contribution is -2.39. The van der Waals surface area contributed by atoms with Gasteiger partial charge in [0.25, 0.3) is 0 Å². The van der Waals surface area contributed by atoms with Crippen molar-refractivity contribution in [2.75, 3.05) is 5.32 Å². The Morgan fingerprint density at radius 2 is 1.81 bits per heavy atom. The molecule has 2 fully saturated rings. The van der Waals surface area contributed by atoms with Crippen molar-refractivity contribution in [1.82, 2.24) is 5.32 Å². The molecule has 0 aliphatic carbocycles. The first-order valence-corrected chi connectivity index (χ1v) is 11.1. The molecule has 27 heavy (non-hydrogen) atoms. The molecule has 152 valence electrons. The quantitative estimate of drug-likeness (QED) is 0.770. The molecule has 5 nitrogen and oxygen atoms in total. The van der Waals surface area contributed by atoms with Crippen LogP contribution in [0.2, 0.25) is 0 Å². The lowest BCUT2D eigenvalue weighted by atomic mass is 9.89. The molecule has 1 aromatic rings. The minimum absolute atomic E-state index is 0. The van der Waals surface area contributed by atoms with E-state index in [2.05, 4.69) is 10.6 Å². The molecule has 2 saturated heterocycles. The van der Waals surface area contributed by atoms with E-state index in [1.165, 1.54) is 12.8 Å². The number of carbonyl (C=O) groups excluding carboxylic acids is 1. The van der Waals surface area contributed by atoms with Crippen LogP contribution in [0.25, 0.3) is 0 Å². The molecule has 2 bridgehead atoms. The van der Waals surface area contributed by atoms with Gasteiger partial charge in [-0.05, 0) is 70.1 Å². The Morgan fingerprint density at radius 1 is 1.19 bits per heavy atom. The molecule has 0 aromatic heterocycles. The molecule has 2 aliphatic heterocycles. The van der Waals surface area contributed by atoms with Gasteiger partial charge in [0.05, 0.1) is 10.5 Å². The number of halogens is 1. The fraction of sp³-hybridized carbons (Fsp3) is 0.650. The summed E-state index contributed by atoms with van der Waals surface area (Å²) in [4.78, 5) is 12.4. The van der Waals surface area contributed by atoms with Gasteiger partial charge >= 0.3 is 0 Å². The van der Waals surface area contributed by atoms with Gasteiger partial charge in [0.15, 0.2) is 9.84 Å². The van der Waals surface area contributed by atoms with E-state index in [9.17, 15) is 13.2 Å². The maximum absolute atomic E-state index is 12.4. The highest BCUT2D eigenvalue weighted by Gasteiger charge is 2.34. The van der Waals surface area contributed by atoms with Crippen molar-refractivity contribution in [3.8, 4) is 0 Å². The molecule has 2 N–H and O–H groups in total. The second kappa shape index (κ2) is 8.50. The van der Waals surface area contributed by atoms with Gasteiger partial charge in [-0.2, -0.15) is 0 Å². The number of amides is 1. The van der Waals surface area contributed by atoms with E-state index in [0.717, 1.165) is 12.8 Å². The molecule has 2 heterocycles. The predicted octanol–water partition coefficient (Wildman–Crippen LogP) is 3.68. The average Bonchev–Trinajstić information content (AvgIpc) is 2.84. The third kappa shape index (κ3) is 5.69. The molecule has 2 unspecified atom stereocenters. The predicted molar refractivity (Wildman–Crippen MR) is 112 cm³/mol. The summed E-state index contributed by atoms with van der Waals surface area (Å²) in [6, 6.07) is 8.34. The normalized spacial score (nSPS) is 24.9. The van der Waals surface area contributed by atoms with Crippen molar-refractivity contribution in [3.05, 3.63) is 29.8 Å². The number of hydrogen-bond acceptors (Lipinski definition) is 4. The summed E-state index contributed by atoms with van der Waals surface area (Å²) in [7, 11) is -3.24. The summed E-state index contributed by atoms with van der Waals surface area (Å²) in [6.07, 6.45) is 5.15. The average molecular weight is 415 g/mol. The van der Waals surface area contributed by atoms with E-state index in [0.29, 0.717) is 35.7 Å². The maximum Gasteiger partial charge on any atom is 0.224 e. The van der Waals surface area contributed by atoms with Crippen LogP contribution in [0.5, 0.6) is 0 Å². The number of sulfone groups is 1. The topological polar surface area (TPSA) is 75.3 Å². The summed E-state index contributed by atoms with van der Waals surface area (Å²) >= 11 is 0. The van der Waals surface area contributed by atoms with Crippen LogP contribution >= 0.6 is 12.4 Å². The van der Waals surface area contributed by atoms with Crippen molar-refractivity contribution in [1.29, 1.82) is 0 Å². The fourth-order valence-corrected chi connectivity index (χ4v) is 5.04. The zero-order chi connectivity index (χ0) is 18.9. The molecule has 0 spiro atoms. The second-order valence-corrected chi connectivity index (χ2v) is 11.5. The van der Waals surface area contributed by atoms with E-state index in [1.54, 1.807) is 39.0 Å². The number of fused-ring (bicyclic) bond motifs is 2. The standard InChI is InChI=1S/C20H30N2O3S.ClH/c1-20(2,3)26(24,25)13-14-5-4-6-16(9-14)22-19(23)12-15-10-17-7-8-18(11-15)21-17;/h4-6,9,15,17-18,21H,7-8,10-13H2,1-3H3,(H,22,23);1H. The summed E-state index contributed by atoms with van der Waals surface area (Å²) in [5, 5.41) is 6.55. The molecular formula is C20H31ClN2O3S. The van der Waals surface area contributed by atoms with Crippen molar-refractivity contribution in [2.45, 2.75) is 75.5 Å². The highest BCUT2D eigenvalue weighted by atomic mass is 35.5. The van der Waals surface area contributed by atoms with E-state index < -0.39 is 14.6 Å². The highest BCUT2D eigenvalue weighted by molar-refractivity contribution is 7.91. The smallest absolute Gasteiger partial charge is 0.224 e. The molecule has 1 amide bonds. The van der Waals surface area contributed by atoms with Crippen molar-refractivity contribution in [2.24, 2.45) is 5.92 Å². The minimum Gasteiger partial charge on any atom is -0.326 e. The number of rotatable bonds is 5. The van der Waals surface area contributed by atoms with Crippen LogP contribution in [0.4, 0.5) is 5.69 Å². The number of carbonyl (C=O) groups is 1. The van der Waals surface area contributed by atoms with Crippen LogP contribution in [0.3, 0.4) is 0 Å².